The van der Waals surface area contributed by atoms with Crippen LogP contribution in [-0.2, 0) is 10.0 Å². The summed E-state index contributed by atoms with van der Waals surface area (Å²) >= 11 is 0. The molecule has 8 heteroatoms. The first-order valence-electron chi connectivity index (χ1n) is 6.28. The fourth-order valence-corrected chi connectivity index (χ4v) is 3.85. The normalized spacial score (nSPS) is 11.6. The Labute approximate surface area is 122 Å². The number of sulfonamides is 1. The molecule has 21 heavy (non-hydrogen) atoms. The van der Waals surface area contributed by atoms with Crippen LogP contribution in [0.25, 0.3) is 0 Å². The van der Waals surface area contributed by atoms with E-state index in [2.05, 4.69) is 0 Å². The zero-order valence-electron chi connectivity index (χ0n) is 12.0. The summed E-state index contributed by atoms with van der Waals surface area (Å²) in [4.78, 5) is 22.0. The highest BCUT2D eigenvalue weighted by atomic mass is 32.2. The largest absolute Gasteiger partial charge is 0.478 e. The van der Waals surface area contributed by atoms with E-state index in [4.69, 9.17) is 0 Å². The van der Waals surface area contributed by atoms with Gasteiger partial charge in [-0.15, -0.1) is 0 Å². The van der Waals surface area contributed by atoms with Crippen LogP contribution in [0.2, 0.25) is 0 Å². The molecule has 0 heterocycles. The third-order valence-corrected chi connectivity index (χ3v) is 5.15. The molecule has 0 spiro atoms. The van der Waals surface area contributed by atoms with Crippen molar-refractivity contribution in [1.82, 2.24) is 4.31 Å². The van der Waals surface area contributed by atoms with Crippen molar-refractivity contribution in [2.45, 2.75) is 25.7 Å². The highest BCUT2D eigenvalue weighted by Gasteiger charge is 2.32. The molecule has 2 N–H and O–H groups in total. The van der Waals surface area contributed by atoms with Gasteiger partial charge in [0.2, 0.25) is 10.0 Å². The Morgan fingerprint density at radius 3 is 1.71 bits per heavy atom. The molecule has 1 aromatic rings. The van der Waals surface area contributed by atoms with E-state index in [0.717, 1.165) is 16.4 Å². The van der Waals surface area contributed by atoms with Gasteiger partial charge in [0.15, 0.2) is 0 Å². The minimum atomic E-state index is -4.20. The highest BCUT2D eigenvalue weighted by Crippen LogP contribution is 2.26. The van der Waals surface area contributed by atoms with Gasteiger partial charge in [0.05, 0.1) is 11.1 Å². The minimum absolute atomic E-state index is 0.116. The molecule has 0 bridgehead atoms. The first-order valence-corrected chi connectivity index (χ1v) is 7.72. The number of hydrogen-bond acceptors (Lipinski definition) is 4. The maximum absolute atomic E-state index is 12.6. The summed E-state index contributed by atoms with van der Waals surface area (Å²) in [5.41, 5.74) is -0.693. The number of carbonyl (C=O) groups is 2. The van der Waals surface area contributed by atoms with Gasteiger partial charge in [0.25, 0.3) is 0 Å². The zero-order valence-corrected chi connectivity index (χ0v) is 12.8. The number of benzene rings is 1. The predicted octanol–water partition coefficient (Wildman–Crippen LogP) is 1.42. The van der Waals surface area contributed by atoms with E-state index in [0.29, 0.717) is 5.56 Å². The molecule has 116 valence electrons. The second-order valence-electron chi connectivity index (χ2n) is 4.39. The first kappa shape index (κ1) is 17.1. The molecule has 0 aliphatic rings. The number of rotatable bonds is 6. The lowest BCUT2D eigenvalue weighted by Crippen LogP contribution is -2.33. The Morgan fingerprint density at radius 1 is 1.05 bits per heavy atom. The van der Waals surface area contributed by atoms with Crippen LogP contribution < -0.4 is 0 Å². The minimum Gasteiger partial charge on any atom is -0.478 e. The lowest BCUT2D eigenvalue weighted by molar-refractivity contribution is 0.0688. The summed E-state index contributed by atoms with van der Waals surface area (Å²) in [5, 5.41) is 18.4. The molecule has 0 saturated carbocycles. The second kappa shape index (κ2) is 6.23. The van der Waals surface area contributed by atoms with Crippen molar-refractivity contribution in [3.63, 3.8) is 0 Å². The summed E-state index contributed by atoms with van der Waals surface area (Å²) in [6, 6.07) is 2.32. The van der Waals surface area contributed by atoms with Crippen molar-refractivity contribution in [3.8, 4) is 0 Å². The van der Waals surface area contributed by atoms with Gasteiger partial charge in [0.1, 0.15) is 4.90 Å². The third kappa shape index (κ3) is 3.22. The number of aryl methyl sites for hydroxylation is 1. The predicted molar refractivity (Wildman–Crippen MR) is 75.2 cm³/mol. The maximum Gasteiger partial charge on any atom is 0.337 e. The van der Waals surface area contributed by atoms with Gasteiger partial charge in [-0.25, -0.2) is 18.0 Å². The molecule has 0 radical (unpaired) electrons. The third-order valence-electron chi connectivity index (χ3n) is 3.00. The molecule has 0 aliphatic carbocycles. The van der Waals surface area contributed by atoms with Crippen LogP contribution in [0.1, 0.15) is 40.1 Å². The number of carboxylic acid groups (broad SMARTS) is 2. The van der Waals surface area contributed by atoms with Gasteiger partial charge >= 0.3 is 11.9 Å². The van der Waals surface area contributed by atoms with E-state index in [1.807, 2.05) is 0 Å². The number of carboxylic acids is 2. The van der Waals surface area contributed by atoms with E-state index in [-0.39, 0.29) is 13.1 Å². The maximum atomic E-state index is 12.6. The van der Waals surface area contributed by atoms with Crippen LogP contribution in [0.15, 0.2) is 17.0 Å². The molecular weight excluding hydrogens is 298 g/mol. The Kier molecular flexibility index (Phi) is 5.08. The van der Waals surface area contributed by atoms with E-state index in [1.54, 1.807) is 13.8 Å². The Bertz CT molecular complexity index is 641. The SMILES string of the molecule is CCN(CC)S(=O)(=O)c1c(C(=O)O)cc(C)cc1C(=O)O. The molecule has 0 aromatic heterocycles. The standard InChI is InChI=1S/C13H17NO6S/c1-4-14(5-2)21(19,20)11-9(12(15)16)6-8(3)7-10(11)13(17)18/h6-7H,4-5H2,1-3H3,(H,15,16)(H,17,18). The molecule has 0 amide bonds. The Balaban J connectivity index is 3.82. The van der Waals surface area contributed by atoms with Crippen molar-refractivity contribution >= 4 is 22.0 Å². The van der Waals surface area contributed by atoms with E-state index < -0.39 is 38.0 Å². The zero-order chi connectivity index (χ0) is 16.4. The van der Waals surface area contributed by atoms with Crippen LogP contribution in [0.5, 0.6) is 0 Å². The Morgan fingerprint density at radius 2 is 1.43 bits per heavy atom. The second-order valence-corrected chi connectivity index (χ2v) is 6.26. The monoisotopic (exact) mass is 315 g/mol. The van der Waals surface area contributed by atoms with Gasteiger partial charge in [-0.05, 0) is 24.6 Å². The van der Waals surface area contributed by atoms with Crippen molar-refractivity contribution in [1.29, 1.82) is 0 Å². The number of nitrogens with zero attached hydrogens (tertiary/aromatic N) is 1. The molecule has 7 nitrogen and oxygen atoms in total. The number of hydrogen-bond donors (Lipinski definition) is 2. The lowest BCUT2D eigenvalue weighted by atomic mass is 10.1. The van der Waals surface area contributed by atoms with Crippen LogP contribution in [0.3, 0.4) is 0 Å². The molecule has 0 aliphatic heterocycles. The van der Waals surface area contributed by atoms with E-state index in [9.17, 15) is 28.2 Å². The lowest BCUT2D eigenvalue weighted by Gasteiger charge is -2.21. The average molecular weight is 315 g/mol. The fourth-order valence-electron chi connectivity index (χ4n) is 2.06. The Hall–Kier alpha value is -1.93. The summed E-state index contributed by atoms with van der Waals surface area (Å²) in [6.07, 6.45) is 0. The van der Waals surface area contributed by atoms with Gasteiger partial charge < -0.3 is 10.2 Å². The van der Waals surface area contributed by atoms with Gasteiger partial charge in [-0.3, -0.25) is 0 Å². The van der Waals surface area contributed by atoms with Crippen LogP contribution in [0.4, 0.5) is 0 Å². The van der Waals surface area contributed by atoms with Crippen LogP contribution in [-0.4, -0.2) is 48.0 Å². The van der Waals surface area contributed by atoms with Crippen LogP contribution >= 0.6 is 0 Å². The molecule has 0 unspecified atom stereocenters. The summed E-state index contributed by atoms with van der Waals surface area (Å²) in [5.74, 6) is -2.96. The molecular formula is C13H17NO6S. The molecule has 0 atom stereocenters. The van der Waals surface area contributed by atoms with Gasteiger partial charge in [-0.1, -0.05) is 13.8 Å². The summed E-state index contributed by atoms with van der Waals surface area (Å²) in [7, 11) is -4.20. The molecule has 0 fully saturated rings. The summed E-state index contributed by atoms with van der Waals surface area (Å²) < 4.78 is 26.1. The van der Waals surface area contributed by atoms with Crippen molar-refractivity contribution < 1.29 is 28.2 Å². The first-order chi connectivity index (χ1) is 9.66. The number of aromatic carboxylic acids is 2. The van der Waals surface area contributed by atoms with Crippen molar-refractivity contribution in [3.05, 3.63) is 28.8 Å². The summed E-state index contributed by atoms with van der Waals surface area (Å²) in [6.45, 7) is 4.93. The average Bonchev–Trinajstić information content (AvgIpc) is 2.38. The highest BCUT2D eigenvalue weighted by molar-refractivity contribution is 7.89. The smallest absolute Gasteiger partial charge is 0.337 e. The van der Waals surface area contributed by atoms with Gasteiger partial charge in [0, 0.05) is 13.1 Å². The van der Waals surface area contributed by atoms with E-state index in [1.165, 1.54) is 6.92 Å². The molecule has 1 aromatic carbocycles. The molecule has 1 rings (SSSR count). The van der Waals surface area contributed by atoms with Crippen molar-refractivity contribution in [2.24, 2.45) is 0 Å². The topological polar surface area (TPSA) is 112 Å². The van der Waals surface area contributed by atoms with Gasteiger partial charge in [-0.2, -0.15) is 4.31 Å². The van der Waals surface area contributed by atoms with Crippen LogP contribution in [0, 0.1) is 6.92 Å². The molecule has 0 saturated heterocycles. The fraction of sp³-hybridized carbons (Fsp3) is 0.385. The quantitative estimate of drug-likeness (QED) is 0.821. The van der Waals surface area contributed by atoms with Crippen molar-refractivity contribution in [2.75, 3.05) is 13.1 Å². The van der Waals surface area contributed by atoms with E-state index >= 15 is 0 Å².